The predicted octanol–water partition coefficient (Wildman–Crippen LogP) is -2.17. The largest absolute Gasteiger partial charge is 0.481 e. The summed E-state index contributed by atoms with van der Waals surface area (Å²) in [5.74, 6) is -15.2. The van der Waals surface area contributed by atoms with Crippen LogP contribution in [0.25, 0.3) is 0 Å². The van der Waals surface area contributed by atoms with Crippen LogP contribution < -0.4 is 16.0 Å². The fraction of sp³-hybridized carbons (Fsp3) is 0.806. The van der Waals surface area contributed by atoms with E-state index in [0.717, 1.165) is 22.6 Å². The molecule has 4 aliphatic carbocycles. The van der Waals surface area contributed by atoms with Crippen LogP contribution in [0.4, 0.5) is 4.79 Å². The SMILES string of the molecule is CC(CCC(=O)O)C1CCC2C3C(O)CC4C[C@H](OC(=O)N5C[C@@H](C(=O)NCCCC[C@@H](C(=O)O)N(CCN(CC(=O)O)CC(=O)O)CCN(CC(=O)O)CC(=O)O)[C@H](C(=O)NCCNC(=O)CN6CCN(CC(=O)O)CCN(CC(=O)O)CCN(CC(=O)O)CC6)C5)CC[C@]4(C)C3C[C@H](O)[C@]12C. The molecule has 0 aromatic rings. The van der Waals surface area contributed by atoms with Gasteiger partial charge in [-0.1, -0.05) is 20.8 Å². The Morgan fingerprint density at radius 3 is 1.44 bits per heavy atom. The number of aliphatic hydroxyl groups is 2. The number of hydrogen-bond acceptors (Lipinski definition) is 23. The molecular formula is C67H109N11O25. The summed E-state index contributed by atoms with van der Waals surface area (Å²) in [4.78, 5) is 174. The van der Waals surface area contributed by atoms with Crippen LogP contribution in [0.5, 0.6) is 0 Å². The summed E-state index contributed by atoms with van der Waals surface area (Å²) in [5.41, 5.74) is -0.828. The summed E-state index contributed by atoms with van der Waals surface area (Å²) in [6, 6.07) is -1.35. The van der Waals surface area contributed by atoms with Crippen molar-refractivity contribution in [3.8, 4) is 0 Å². The van der Waals surface area contributed by atoms with E-state index >= 15 is 0 Å². The number of carbonyl (C=O) groups excluding carboxylic acids is 4. The third-order valence-electron chi connectivity index (χ3n) is 22.7. The first-order valence-corrected chi connectivity index (χ1v) is 35.8. The van der Waals surface area contributed by atoms with E-state index in [2.05, 4.69) is 36.7 Å². The number of nitrogens with zero attached hydrogens (tertiary/aromatic N) is 8. The molecular weight excluding hydrogens is 1360 g/mol. The standard InChI is InChI=1S/C67H109N11O25/c1-41(7-10-53(82)83)46-8-9-47-61-48(30-51(80)67(46,47)3)66(2)12-11-43(28-42(66)29-50(61)79)103-65(102)78-31-44(62(98)69-13-5-4-6-49(64(100)101)77(26-24-75(37-57(90)91)38-58(92)93)27-25-76(39-59(94)95)40-60(96)97)45(32-78)63(99)70-15-14-68-52(81)33-71-16-18-72(34-54(84)85)20-22-74(36-56(88)89)23-21-73(19-17-71)35-55(86)87/h41-51,61,79-80H,4-40H2,1-3H3,(H,68,81)(H,69,98)(H,70,99)(H,82,83)(H,84,85)(H,86,87)(H,88,89)(H,90,91)(H,92,93)(H,94,95)(H,96,97)(H,100,101)/t41?,42?,43-,44-,45-,46?,47?,48?,49+,50?,51+,61?,66+,67-/m1/s1. The number of unbranched alkanes of at least 4 members (excludes halogenated alkanes) is 1. The van der Waals surface area contributed by atoms with Gasteiger partial charge in [-0.3, -0.25) is 91.8 Å². The molecule has 14 atom stereocenters. The highest BCUT2D eigenvalue weighted by Gasteiger charge is 2.66. The van der Waals surface area contributed by atoms with Crippen molar-refractivity contribution in [1.82, 2.24) is 55.1 Å². The molecule has 2 heterocycles. The molecule has 14 N–H and O–H groups in total. The van der Waals surface area contributed by atoms with Gasteiger partial charge in [-0.25, -0.2) is 4.79 Å². The number of carbonyl (C=O) groups is 13. The Labute approximate surface area is 597 Å². The number of likely N-dealkylation sites (tertiary alicyclic amines) is 1. The number of rotatable bonds is 39. The van der Waals surface area contributed by atoms with Crippen LogP contribution in [0.1, 0.15) is 97.8 Å². The van der Waals surface area contributed by atoms with E-state index in [1.165, 1.54) is 9.80 Å². The van der Waals surface area contributed by atoms with E-state index in [9.17, 15) is 119 Å². The lowest BCUT2D eigenvalue weighted by molar-refractivity contribution is -0.207. The fourth-order valence-electron chi connectivity index (χ4n) is 17.5. The molecule has 2 aliphatic heterocycles. The Morgan fingerprint density at radius 2 is 0.981 bits per heavy atom. The predicted molar refractivity (Wildman–Crippen MR) is 361 cm³/mol. The van der Waals surface area contributed by atoms with Crippen molar-refractivity contribution in [2.24, 2.45) is 58.2 Å². The van der Waals surface area contributed by atoms with Crippen LogP contribution in [0.3, 0.4) is 0 Å². The van der Waals surface area contributed by atoms with Gasteiger partial charge in [-0.05, 0) is 117 Å². The van der Waals surface area contributed by atoms with Crippen LogP contribution in [0.15, 0.2) is 0 Å². The molecule has 0 radical (unpaired) electrons. The number of amides is 4. The van der Waals surface area contributed by atoms with Crippen molar-refractivity contribution in [1.29, 1.82) is 0 Å². The Bertz CT molecular complexity index is 2870. The zero-order chi connectivity index (χ0) is 76.0. The lowest BCUT2D eigenvalue weighted by Gasteiger charge is -2.63. The quantitative estimate of drug-likeness (QED) is 0.0291. The van der Waals surface area contributed by atoms with E-state index in [-0.39, 0.29) is 204 Å². The highest BCUT2D eigenvalue weighted by Crippen LogP contribution is 2.68. The molecule has 4 amide bonds. The van der Waals surface area contributed by atoms with Crippen LogP contribution in [0, 0.1) is 58.2 Å². The molecule has 6 fully saturated rings. The van der Waals surface area contributed by atoms with Gasteiger partial charge in [0.2, 0.25) is 17.7 Å². The molecule has 0 bridgehead atoms. The molecule has 7 unspecified atom stereocenters. The smallest absolute Gasteiger partial charge is 0.410 e. The monoisotopic (exact) mass is 1470 g/mol. The maximum atomic E-state index is 14.4. The van der Waals surface area contributed by atoms with Gasteiger partial charge in [0.05, 0.1) is 76.4 Å². The number of carboxylic acids is 9. The lowest BCUT2D eigenvalue weighted by atomic mass is 9.43. The Morgan fingerprint density at radius 1 is 0.515 bits per heavy atom. The Kier molecular flexibility index (Phi) is 32.5. The molecule has 4 saturated carbocycles. The summed E-state index contributed by atoms with van der Waals surface area (Å²) in [6.07, 6.45) is 1.93. The van der Waals surface area contributed by atoms with Crippen LogP contribution in [-0.2, 0) is 62.3 Å². The third kappa shape index (κ3) is 25.1. The third-order valence-corrected chi connectivity index (χ3v) is 22.7. The second-order valence-corrected chi connectivity index (χ2v) is 29.5. The maximum Gasteiger partial charge on any atom is 0.410 e. The molecule has 582 valence electrons. The molecule has 6 rings (SSSR count). The van der Waals surface area contributed by atoms with Gasteiger partial charge in [-0.2, -0.15) is 0 Å². The first-order valence-electron chi connectivity index (χ1n) is 35.8. The molecule has 6 aliphatic rings. The van der Waals surface area contributed by atoms with Gasteiger partial charge in [0, 0.05) is 118 Å². The molecule has 36 heteroatoms. The number of nitrogens with one attached hydrogen (secondary N) is 3. The van der Waals surface area contributed by atoms with Gasteiger partial charge in [-0.15, -0.1) is 0 Å². The van der Waals surface area contributed by atoms with E-state index in [1.54, 1.807) is 19.6 Å². The van der Waals surface area contributed by atoms with Gasteiger partial charge in [0.15, 0.2) is 0 Å². The van der Waals surface area contributed by atoms with Crippen LogP contribution >= 0.6 is 0 Å². The molecule has 2 saturated heterocycles. The zero-order valence-corrected chi connectivity index (χ0v) is 59.3. The van der Waals surface area contributed by atoms with Crippen molar-refractivity contribution in [3.63, 3.8) is 0 Å². The van der Waals surface area contributed by atoms with Crippen LogP contribution in [0.2, 0.25) is 0 Å². The van der Waals surface area contributed by atoms with Crippen LogP contribution in [-0.4, -0.2) is 361 Å². The van der Waals surface area contributed by atoms with E-state index in [0.29, 0.717) is 38.5 Å². The second-order valence-electron chi connectivity index (χ2n) is 29.5. The van der Waals surface area contributed by atoms with E-state index < -0.39 is 145 Å². The topological polar surface area (TPSA) is 516 Å². The number of ether oxygens (including phenoxy) is 1. The normalized spacial score (nSPS) is 27.9. The first-order chi connectivity index (χ1) is 48.6. The first kappa shape index (κ1) is 84.5. The van der Waals surface area contributed by atoms with Gasteiger partial charge in [0.25, 0.3) is 0 Å². The van der Waals surface area contributed by atoms with Crippen molar-refractivity contribution in [3.05, 3.63) is 0 Å². The molecule has 0 aromatic carbocycles. The highest BCUT2D eigenvalue weighted by atomic mass is 16.6. The Balaban J connectivity index is 1.13. The minimum atomic E-state index is -1.36. The number of carboxylic acid groups (broad SMARTS) is 9. The highest BCUT2D eigenvalue weighted by molar-refractivity contribution is 5.90. The lowest BCUT2D eigenvalue weighted by Crippen LogP contribution is -2.62. The zero-order valence-electron chi connectivity index (χ0n) is 59.3. The molecule has 0 spiro atoms. The second kappa shape index (κ2) is 39.6. The number of aliphatic carboxylic acids is 9. The average molecular weight is 1470 g/mol. The number of aliphatic hydroxyl groups excluding tert-OH is 2. The van der Waals surface area contributed by atoms with Gasteiger partial charge >= 0.3 is 59.8 Å². The summed E-state index contributed by atoms with van der Waals surface area (Å²) < 4.78 is 6.23. The van der Waals surface area contributed by atoms with E-state index in [1.807, 2.05) is 0 Å². The van der Waals surface area contributed by atoms with Crippen molar-refractivity contribution in [2.75, 3.05) is 164 Å². The molecule has 103 heavy (non-hydrogen) atoms. The summed E-state index contributed by atoms with van der Waals surface area (Å²) in [6.45, 7) is 1.67. The number of fused-ring (bicyclic) bond motifs is 5. The summed E-state index contributed by atoms with van der Waals surface area (Å²) in [5, 5.41) is 119. The Hall–Kier alpha value is -7.45. The molecule has 36 nitrogen and oxygen atoms in total. The maximum absolute atomic E-state index is 14.4. The minimum Gasteiger partial charge on any atom is -0.481 e. The van der Waals surface area contributed by atoms with Crippen molar-refractivity contribution in [2.45, 2.75) is 122 Å². The summed E-state index contributed by atoms with van der Waals surface area (Å²) >= 11 is 0. The number of hydrogen-bond donors (Lipinski definition) is 14. The van der Waals surface area contributed by atoms with Crippen molar-refractivity contribution >= 4 is 77.5 Å². The fourth-order valence-corrected chi connectivity index (χ4v) is 17.5. The van der Waals surface area contributed by atoms with E-state index in [4.69, 9.17) is 4.74 Å². The van der Waals surface area contributed by atoms with Gasteiger partial charge in [0.1, 0.15) is 12.1 Å². The average Bonchev–Trinajstić information content (AvgIpc) is 1.68. The minimum absolute atomic E-state index is 0.0221. The van der Waals surface area contributed by atoms with Crippen molar-refractivity contribution < 1.29 is 123 Å². The van der Waals surface area contributed by atoms with Gasteiger partial charge < -0.3 is 81.8 Å². The molecule has 0 aromatic heterocycles. The summed E-state index contributed by atoms with van der Waals surface area (Å²) in [7, 11) is 0.